The molecule has 0 heterocycles. The highest BCUT2D eigenvalue weighted by molar-refractivity contribution is 5.88. The number of ether oxygens (including phenoxy) is 1. The van der Waals surface area contributed by atoms with Crippen molar-refractivity contribution in [2.75, 3.05) is 14.2 Å². The number of benzene rings is 1. The van der Waals surface area contributed by atoms with Gasteiger partial charge in [-0.1, -0.05) is 36.4 Å². The van der Waals surface area contributed by atoms with Crippen LogP contribution in [0.4, 0.5) is 0 Å². The van der Waals surface area contributed by atoms with Crippen LogP contribution in [0.25, 0.3) is 0 Å². The smallest absolute Gasteiger partial charge is 0.246 e. The topological polar surface area (TPSA) is 29.5 Å². The fraction of sp³-hybridized carbons (Fsp3) is 0.312. The van der Waals surface area contributed by atoms with Crippen molar-refractivity contribution in [1.82, 2.24) is 4.90 Å². The average molecular weight is 259 g/mol. The molecule has 0 radical (unpaired) electrons. The monoisotopic (exact) mass is 259 g/mol. The molecule has 0 aromatic heterocycles. The van der Waals surface area contributed by atoms with Crippen LogP contribution in [0.15, 0.2) is 48.6 Å². The number of nitrogens with zero attached hydrogens (tertiary/aromatic N) is 1. The van der Waals surface area contributed by atoms with Gasteiger partial charge in [0.2, 0.25) is 5.91 Å². The quantitative estimate of drug-likeness (QED) is 0.599. The number of carbonyl (C=O) groups excluding carboxylic acids is 1. The zero-order valence-corrected chi connectivity index (χ0v) is 12.0. The number of hydrogen-bond acceptors (Lipinski definition) is 2. The Morgan fingerprint density at radius 1 is 1.32 bits per heavy atom. The number of methoxy groups -OCH3 is 1. The highest BCUT2D eigenvalue weighted by atomic mass is 16.5. The van der Waals surface area contributed by atoms with Crippen molar-refractivity contribution >= 4 is 5.91 Å². The largest absolute Gasteiger partial charge is 0.496 e. The van der Waals surface area contributed by atoms with Gasteiger partial charge in [-0.3, -0.25) is 4.79 Å². The lowest BCUT2D eigenvalue weighted by molar-refractivity contribution is -0.126. The van der Waals surface area contributed by atoms with Crippen LogP contribution in [0.3, 0.4) is 0 Å². The summed E-state index contributed by atoms with van der Waals surface area (Å²) in [6, 6.07) is 7.70. The zero-order chi connectivity index (χ0) is 14.3. The van der Waals surface area contributed by atoms with E-state index >= 15 is 0 Å². The maximum absolute atomic E-state index is 12.0. The molecular weight excluding hydrogens is 238 g/mol. The number of amides is 1. The predicted octanol–water partition coefficient (Wildman–Crippen LogP) is 3.35. The first-order chi connectivity index (χ1) is 9.11. The van der Waals surface area contributed by atoms with E-state index in [1.165, 1.54) is 0 Å². The third kappa shape index (κ3) is 3.98. The van der Waals surface area contributed by atoms with Crippen molar-refractivity contribution in [2.45, 2.75) is 19.9 Å². The summed E-state index contributed by atoms with van der Waals surface area (Å²) < 4.78 is 5.33. The molecule has 0 bridgehead atoms. The molecule has 0 spiro atoms. The lowest BCUT2D eigenvalue weighted by atomic mass is 10.1. The summed E-state index contributed by atoms with van der Waals surface area (Å²) in [4.78, 5) is 13.7. The standard InChI is InChI=1S/C16H21NO2/c1-5-6-7-12-16(18)17(3)13(2)14-10-8-9-11-15(14)19-4/h5-13H,1-4H3/b6-5+,12-7+. The van der Waals surface area contributed by atoms with E-state index in [0.29, 0.717) is 0 Å². The molecule has 0 fully saturated rings. The van der Waals surface area contributed by atoms with E-state index in [0.717, 1.165) is 11.3 Å². The van der Waals surface area contributed by atoms with Gasteiger partial charge in [-0.25, -0.2) is 0 Å². The van der Waals surface area contributed by atoms with E-state index in [-0.39, 0.29) is 11.9 Å². The van der Waals surface area contributed by atoms with Gasteiger partial charge >= 0.3 is 0 Å². The molecule has 0 saturated heterocycles. The minimum absolute atomic E-state index is 0.0310. The van der Waals surface area contributed by atoms with Gasteiger partial charge < -0.3 is 9.64 Å². The molecule has 1 aromatic carbocycles. The fourth-order valence-electron chi connectivity index (χ4n) is 1.78. The van der Waals surface area contributed by atoms with Gasteiger partial charge in [0, 0.05) is 18.7 Å². The van der Waals surface area contributed by atoms with Gasteiger partial charge in [0.15, 0.2) is 0 Å². The molecule has 3 nitrogen and oxygen atoms in total. The summed E-state index contributed by atoms with van der Waals surface area (Å²) >= 11 is 0. The van der Waals surface area contributed by atoms with Gasteiger partial charge in [0.05, 0.1) is 13.2 Å². The lowest BCUT2D eigenvalue weighted by Crippen LogP contribution is -2.28. The second-order valence-electron chi connectivity index (χ2n) is 4.25. The number of hydrogen-bond donors (Lipinski definition) is 0. The Balaban J connectivity index is 2.87. The summed E-state index contributed by atoms with van der Waals surface area (Å²) in [6.45, 7) is 3.90. The Morgan fingerprint density at radius 2 is 2.00 bits per heavy atom. The van der Waals surface area contributed by atoms with E-state index in [4.69, 9.17) is 4.74 Å². The van der Waals surface area contributed by atoms with E-state index in [9.17, 15) is 4.79 Å². The minimum atomic E-state index is -0.0427. The van der Waals surface area contributed by atoms with Gasteiger partial charge in [-0.15, -0.1) is 0 Å². The second-order valence-corrected chi connectivity index (χ2v) is 4.25. The lowest BCUT2D eigenvalue weighted by Gasteiger charge is -2.25. The van der Waals surface area contributed by atoms with Crippen LogP contribution in [-0.2, 0) is 4.79 Å². The SMILES string of the molecule is C/C=C/C=C/C(=O)N(C)C(C)c1ccccc1OC. The van der Waals surface area contributed by atoms with Crippen LogP contribution in [0.2, 0.25) is 0 Å². The Hall–Kier alpha value is -2.03. The van der Waals surface area contributed by atoms with E-state index in [1.54, 1.807) is 31.2 Å². The molecule has 0 aliphatic heterocycles. The molecule has 1 amide bonds. The Bertz CT molecular complexity index is 477. The van der Waals surface area contributed by atoms with Crippen molar-refractivity contribution in [1.29, 1.82) is 0 Å². The Labute approximate surface area is 115 Å². The fourth-order valence-corrected chi connectivity index (χ4v) is 1.78. The molecule has 0 aliphatic carbocycles. The molecule has 0 aliphatic rings. The molecule has 1 unspecified atom stereocenters. The number of para-hydroxylation sites is 1. The van der Waals surface area contributed by atoms with E-state index in [1.807, 2.05) is 50.3 Å². The van der Waals surface area contributed by atoms with Crippen LogP contribution in [0, 0.1) is 0 Å². The third-order valence-corrected chi connectivity index (χ3v) is 3.06. The van der Waals surface area contributed by atoms with Gasteiger partial charge in [-0.05, 0) is 19.9 Å². The first kappa shape index (κ1) is 15.0. The average Bonchev–Trinajstić information content (AvgIpc) is 2.45. The van der Waals surface area contributed by atoms with Crippen molar-refractivity contribution in [2.24, 2.45) is 0 Å². The molecule has 3 heteroatoms. The molecular formula is C16H21NO2. The molecule has 19 heavy (non-hydrogen) atoms. The third-order valence-electron chi connectivity index (χ3n) is 3.06. The molecule has 0 N–H and O–H groups in total. The van der Waals surface area contributed by atoms with Crippen LogP contribution in [0.1, 0.15) is 25.5 Å². The van der Waals surface area contributed by atoms with Gasteiger partial charge in [0.1, 0.15) is 5.75 Å². The number of rotatable bonds is 5. The van der Waals surface area contributed by atoms with Crippen LogP contribution in [0.5, 0.6) is 5.75 Å². The van der Waals surface area contributed by atoms with Crippen molar-refractivity contribution in [3.8, 4) is 5.75 Å². The first-order valence-corrected chi connectivity index (χ1v) is 6.30. The molecule has 1 aromatic rings. The van der Waals surface area contributed by atoms with E-state index in [2.05, 4.69) is 0 Å². The highest BCUT2D eigenvalue weighted by Gasteiger charge is 2.18. The van der Waals surface area contributed by atoms with Crippen molar-refractivity contribution in [3.05, 3.63) is 54.1 Å². The molecule has 1 rings (SSSR count). The van der Waals surface area contributed by atoms with Crippen LogP contribution >= 0.6 is 0 Å². The van der Waals surface area contributed by atoms with Crippen molar-refractivity contribution < 1.29 is 9.53 Å². The summed E-state index contributed by atoms with van der Waals surface area (Å²) in [5.74, 6) is 0.767. The summed E-state index contributed by atoms with van der Waals surface area (Å²) in [6.07, 6.45) is 7.02. The number of allylic oxidation sites excluding steroid dienone is 3. The predicted molar refractivity (Wildman–Crippen MR) is 78.1 cm³/mol. The normalized spacial score (nSPS) is 12.8. The summed E-state index contributed by atoms with van der Waals surface area (Å²) in [5, 5.41) is 0. The summed E-state index contributed by atoms with van der Waals surface area (Å²) in [5.41, 5.74) is 1.00. The van der Waals surface area contributed by atoms with Crippen LogP contribution < -0.4 is 4.74 Å². The Morgan fingerprint density at radius 3 is 2.63 bits per heavy atom. The highest BCUT2D eigenvalue weighted by Crippen LogP contribution is 2.28. The van der Waals surface area contributed by atoms with Gasteiger partial charge in [0.25, 0.3) is 0 Å². The molecule has 0 saturated carbocycles. The molecule has 1 atom stereocenters. The Kier molecular flexibility index (Phi) is 5.86. The first-order valence-electron chi connectivity index (χ1n) is 6.30. The molecule has 102 valence electrons. The van der Waals surface area contributed by atoms with Gasteiger partial charge in [-0.2, -0.15) is 0 Å². The second kappa shape index (κ2) is 7.41. The van der Waals surface area contributed by atoms with Crippen LogP contribution in [-0.4, -0.2) is 25.0 Å². The minimum Gasteiger partial charge on any atom is -0.496 e. The summed E-state index contributed by atoms with van der Waals surface area (Å²) in [7, 11) is 3.43. The zero-order valence-electron chi connectivity index (χ0n) is 12.0. The van der Waals surface area contributed by atoms with E-state index < -0.39 is 0 Å². The maximum atomic E-state index is 12.0. The maximum Gasteiger partial charge on any atom is 0.246 e. The number of carbonyl (C=O) groups is 1. The van der Waals surface area contributed by atoms with Crippen molar-refractivity contribution in [3.63, 3.8) is 0 Å². The number of likely N-dealkylation sites (N-methyl/N-ethyl adjacent to an activating group) is 1.